The van der Waals surface area contributed by atoms with E-state index in [4.69, 9.17) is 5.10 Å². The third-order valence-corrected chi connectivity index (χ3v) is 5.64. The molecular formula is C22H26F3N5O2. The Labute approximate surface area is 184 Å². The average Bonchev–Trinajstić information content (AvgIpc) is 3.04. The minimum Gasteiger partial charge on any atom is -0.468 e. The molecule has 4 rings (SSSR count). The van der Waals surface area contributed by atoms with E-state index in [-0.39, 0.29) is 0 Å². The molecule has 0 saturated carbocycles. The van der Waals surface area contributed by atoms with Gasteiger partial charge in [-0.2, -0.15) is 13.2 Å². The number of fused-ring (bicyclic) bond motifs is 2. The van der Waals surface area contributed by atoms with Crippen LogP contribution in [-0.2, 0) is 28.7 Å². The number of rotatable bonds is 3. The van der Waals surface area contributed by atoms with Gasteiger partial charge in [-0.25, -0.2) is 9.50 Å². The molecule has 1 aliphatic rings. The van der Waals surface area contributed by atoms with Crippen molar-refractivity contribution in [2.75, 3.05) is 18.1 Å². The van der Waals surface area contributed by atoms with Crippen molar-refractivity contribution in [1.29, 1.82) is 0 Å². The van der Waals surface area contributed by atoms with Gasteiger partial charge in [0.2, 0.25) is 0 Å². The number of alkyl halides is 3. The number of carbonyl (C=O) groups excluding carboxylic acids is 1. The Hall–Kier alpha value is -3.17. The fraction of sp³-hybridized carbons (Fsp3) is 0.455. The molecule has 3 aromatic rings. The molecule has 10 heteroatoms. The summed E-state index contributed by atoms with van der Waals surface area (Å²) in [4.78, 5) is 19.8. The molecule has 32 heavy (non-hydrogen) atoms. The van der Waals surface area contributed by atoms with Gasteiger partial charge in [-0.3, -0.25) is 9.78 Å². The molecule has 0 amide bonds. The molecule has 0 radical (unpaired) electrons. The van der Waals surface area contributed by atoms with Crippen LogP contribution in [0, 0.1) is 27.7 Å². The van der Waals surface area contributed by atoms with E-state index in [1.165, 1.54) is 6.07 Å². The van der Waals surface area contributed by atoms with Crippen LogP contribution in [0.5, 0.6) is 0 Å². The second-order valence-electron chi connectivity index (χ2n) is 7.64. The predicted molar refractivity (Wildman–Crippen MR) is 114 cm³/mol. The Balaban J connectivity index is 0.000000523. The summed E-state index contributed by atoms with van der Waals surface area (Å²) in [7, 11) is 0. The van der Waals surface area contributed by atoms with Crippen molar-refractivity contribution in [2.24, 2.45) is 0 Å². The maximum Gasteiger partial charge on any atom is 0.417 e. The maximum atomic E-state index is 13.0. The zero-order valence-corrected chi connectivity index (χ0v) is 18.7. The van der Waals surface area contributed by atoms with Gasteiger partial charge < -0.3 is 9.64 Å². The Bertz CT molecular complexity index is 1140. The average molecular weight is 449 g/mol. The molecule has 0 spiro atoms. The number of hydrogen-bond acceptors (Lipinski definition) is 6. The Kier molecular flexibility index (Phi) is 6.71. The minimum atomic E-state index is -4.39. The fourth-order valence-electron chi connectivity index (χ4n) is 3.60. The first kappa shape index (κ1) is 23.5. The predicted octanol–water partition coefficient (Wildman–Crippen LogP) is 4.12. The number of imidazole rings is 1. The molecule has 0 N–H and O–H groups in total. The summed E-state index contributed by atoms with van der Waals surface area (Å²) in [6, 6.07) is 1.21. The molecule has 3 aromatic heterocycles. The van der Waals surface area contributed by atoms with Crippen molar-refractivity contribution >= 4 is 17.9 Å². The van der Waals surface area contributed by atoms with Crippen LogP contribution in [0.4, 0.5) is 19.0 Å². The smallest absolute Gasteiger partial charge is 0.417 e. The summed E-state index contributed by atoms with van der Waals surface area (Å²) in [5, 5.41) is 4.76. The molecule has 4 heterocycles. The molecule has 0 saturated heterocycles. The molecule has 172 valence electrons. The van der Waals surface area contributed by atoms with E-state index >= 15 is 0 Å². The van der Waals surface area contributed by atoms with Crippen molar-refractivity contribution in [1.82, 2.24) is 19.6 Å². The van der Waals surface area contributed by atoms with Gasteiger partial charge in [0.25, 0.3) is 6.47 Å². The highest BCUT2D eigenvalue weighted by atomic mass is 19.4. The molecule has 0 fully saturated rings. The van der Waals surface area contributed by atoms with E-state index in [1.54, 1.807) is 6.92 Å². The second kappa shape index (κ2) is 9.13. The summed E-state index contributed by atoms with van der Waals surface area (Å²) in [5.74, 6) is 0.781. The normalized spacial score (nSPS) is 13.4. The van der Waals surface area contributed by atoms with Crippen LogP contribution in [0.3, 0.4) is 0 Å². The van der Waals surface area contributed by atoms with Crippen molar-refractivity contribution in [3.8, 4) is 0 Å². The van der Waals surface area contributed by atoms with Crippen molar-refractivity contribution in [3.05, 3.63) is 51.6 Å². The first-order valence-corrected chi connectivity index (χ1v) is 10.3. The van der Waals surface area contributed by atoms with Crippen LogP contribution in [0.2, 0.25) is 0 Å². The summed E-state index contributed by atoms with van der Waals surface area (Å²) in [5.41, 5.74) is 5.36. The molecule has 1 aliphatic heterocycles. The monoisotopic (exact) mass is 449 g/mol. The number of anilines is 1. The van der Waals surface area contributed by atoms with Gasteiger partial charge >= 0.3 is 6.18 Å². The summed E-state index contributed by atoms with van der Waals surface area (Å²) < 4.78 is 45.1. The zero-order valence-electron chi connectivity index (χ0n) is 18.7. The number of ether oxygens (including phenoxy) is 1. The van der Waals surface area contributed by atoms with Crippen LogP contribution < -0.4 is 4.90 Å². The number of carbonyl (C=O) groups is 1. The lowest BCUT2D eigenvalue weighted by molar-refractivity contribution is -0.138. The molecular weight excluding hydrogens is 423 g/mol. The minimum absolute atomic E-state index is 0.359. The summed E-state index contributed by atoms with van der Waals surface area (Å²) in [6.07, 6.45) is -2.88. The molecule has 0 aliphatic carbocycles. The Morgan fingerprint density at radius 3 is 2.50 bits per heavy atom. The second-order valence-corrected chi connectivity index (χ2v) is 7.64. The Morgan fingerprint density at radius 2 is 1.91 bits per heavy atom. The van der Waals surface area contributed by atoms with E-state index < -0.39 is 11.7 Å². The highest BCUT2D eigenvalue weighted by Crippen LogP contribution is 2.33. The highest BCUT2D eigenvalue weighted by Gasteiger charge is 2.33. The van der Waals surface area contributed by atoms with E-state index in [0.717, 1.165) is 45.9 Å². The zero-order chi connectivity index (χ0) is 23.6. The van der Waals surface area contributed by atoms with E-state index in [0.29, 0.717) is 38.2 Å². The third-order valence-electron chi connectivity index (χ3n) is 5.64. The van der Waals surface area contributed by atoms with Gasteiger partial charge in [-0.1, -0.05) is 0 Å². The first-order valence-electron chi connectivity index (χ1n) is 10.3. The number of aromatic nitrogens is 4. The largest absolute Gasteiger partial charge is 0.468 e. The molecule has 0 atom stereocenters. The number of pyridine rings is 1. The van der Waals surface area contributed by atoms with Crippen LogP contribution in [0.25, 0.3) is 5.65 Å². The van der Waals surface area contributed by atoms with Gasteiger partial charge in [0.15, 0.2) is 11.5 Å². The lowest BCUT2D eigenvalue weighted by atomic mass is 10.0. The Morgan fingerprint density at radius 1 is 1.19 bits per heavy atom. The first-order chi connectivity index (χ1) is 15.1. The van der Waals surface area contributed by atoms with Crippen LogP contribution in [0.15, 0.2) is 12.3 Å². The highest BCUT2D eigenvalue weighted by molar-refractivity contribution is 5.61. The lowest BCUT2D eigenvalue weighted by Gasteiger charge is -2.31. The van der Waals surface area contributed by atoms with Gasteiger partial charge in [0.1, 0.15) is 0 Å². The third kappa shape index (κ3) is 4.53. The van der Waals surface area contributed by atoms with Crippen molar-refractivity contribution in [3.63, 3.8) is 0 Å². The quantitative estimate of drug-likeness (QED) is 0.560. The van der Waals surface area contributed by atoms with E-state index in [1.807, 2.05) is 37.1 Å². The van der Waals surface area contributed by atoms with Crippen molar-refractivity contribution in [2.45, 2.75) is 53.8 Å². The van der Waals surface area contributed by atoms with E-state index in [9.17, 15) is 18.0 Å². The fourth-order valence-corrected chi connectivity index (χ4v) is 3.60. The van der Waals surface area contributed by atoms with Gasteiger partial charge in [-0.05, 0) is 46.2 Å². The van der Waals surface area contributed by atoms with Gasteiger partial charge in [-0.15, -0.1) is 5.10 Å². The van der Waals surface area contributed by atoms with Gasteiger partial charge in [0, 0.05) is 42.5 Å². The molecule has 0 bridgehead atoms. The van der Waals surface area contributed by atoms with Crippen LogP contribution >= 0.6 is 0 Å². The molecule has 0 unspecified atom stereocenters. The van der Waals surface area contributed by atoms with Crippen molar-refractivity contribution < 1.29 is 22.7 Å². The van der Waals surface area contributed by atoms with E-state index in [2.05, 4.69) is 14.7 Å². The van der Waals surface area contributed by atoms with Crippen LogP contribution in [0.1, 0.15) is 46.3 Å². The number of aryl methyl sites for hydroxylation is 3. The standard InChI is InChI=1S/C19H20F3N5.C3H6O2/c1-10-11(2)18(25-27-13(4)12(3)24-17(10)27)26-6-5-16-14(9-26)7-15(8-23-16)19(20,21)22;1-2-5-3-4/h7-8H,5-6,9H2,1-4H3;3H,2H2,1H3. The molecule has 0 aromatic carbocycles. The lowest BCUT2D eigenvalue weighted by Crippen LogP contribution is -2.33. The number of hydrogen-bond donors (Lipinski definition) is 0. The topological polar surface area (TPSA) is 72.6 Å². The number of halogens is 3. The van der Waals surface area contributed by atoms with Crippen LogP contribution in [-0.4, -0.2) is 39.2 Å². The maximum absolute atomic E-state index is 13.0. The number of nitrogens with zero attached hydrogens (tertiary/aromatic N) is 5. The summed E-state index contributed by atoms with van der Waals surface area (Å²) in [6.45, 7) is 11.6. The molecule has 7 nitrogen and oxygen atoms in total. The SMILES string of the molecule is CCOC=O.Cc1nc2c(C)c(C)c(N3CCc4ncc(C(F)(F)F)cc4C3)nn2c1C. The van der Waals surface area contributed by atoms with Gasteiger partial charge in [0.05, 0.1) is 23.6 Å². The summed E-state index contributed by atoms with van der Waals surface area (Å²) >= 11 is 0.